The summed E-state index contributed by atoms with van der Waals surface area (Å²) in [5, 5.41) is 9.94. The molecule has 1 aliphatic carbocycles. The summed E-state index contributed by atoms with van der Waals surface area (Å²) in [6.45, 7) is 1.70. The van der Waals surface area contributed by atoms with E-state index < -0.39 is 0 Å². The minimum atomic E-state index is -0.354. The molecule has 144 valence electrons. The van der Waals surface area contributed by atoms with Crippen LogP contribution >= 0.6 is 0 Å². The van der Waals surface area contributed by atoms with Crippen LogP contribution in [0.3, 0.4) is 0 Å². The van der Waals surface area contributed by atoms with Gasteiger partial charge in [0.25, 0.3) is 11.5 Å². The molecule has 27 heavy (non-hydrogen) atoms. The molecule has 8 nitrogen and oxygen atoms in total. The van der Waals surface area contributed by atoms with E-state index in [0.29, 0.717) is 16.9 Å². The van der Waals surface area contributed by atoms with Crippen LogP contribution in [0.25, 0.3) is 0 Å². The second-order valence-corrected chi connectivity index (χ2v) is 7.04. The van der Waals surface area contributed by atoms with Crippen LogP contribution in [0, 0.1) is 6.92 Å². The van der Waals surface area contributed by atoms with Gasteiger partial charge in [0.15, 0.2) is 0 Å². The normalized spacial score (nSPS) is 14.7. The lowest BCUT2D eigenvalue weighted by Crippen LogP contribution is -2.39. The van der Waals surface area contributed by atoms with Crippen molar-refractivity contribution in [1.82, 2.24) is 19.7 Å². The summed E-state index contributed by atoms with van der Waals surface area (Å²) < 4.78 is 2.88. The van der Waals surface area contributed by atoms with Crippen LogP contribution in [0.2, 0.25) is 0 Å². The Morgan fingerprint density at radius 2 is 1.93 bits per heavy atom. The van der Waals surface area contributed by atoms with Gasteiger partial charge in [-0.3, -0.25) is 19.1 Å². The summed E-state index contributed by atoms with van der Waals surface area (Å²) in [7, 11) is 1.77. The minimum Gasteiger partial charge on any atom is -0.352 e. The van der Waals surface area contributed by atoms with E-state index in [9.17, 15) is 14.4 Å². The van der Waals surface area contributed by atoms with Gasteiger partial charge < -0.3 is 15.2 Å². The van der Waals surface area contributed by atoms with Gasteiger partial charge in [0.2, 0.25) is 5.91 Å². The molecule has 0 aliphatic heterocycles. The van der Waals surface area contributed by atoms with Crippen molar-refractivity contribution in [2.24, 2.45) is 7.05 Å². The lowest BCUT2D eigenvalue weighted by Gasteiger charge is -2.22. The summed E-state index contributed by atoms with van der Waals surface area (Å²) in [4.78, 5) is 36.8. The molecule has 0 aromatic carbocycles. The van der Waals surface area contributed by atoms with Crippen molar-refractivity contribution in [1.29, 1.82) is 0 Å². The predicted molar refractivity (Wildman–Crippen MR) is 102 cm³/mol. The highest BCUT2D eigenvalue weighted by Crippen LogP contribution is 2.17. The zero-order valence-corrected chi connectivity index (χ0v) is 15.7. The van der Waals surface area contributed by atoms with Gasteiger partial charge in [0, 0.05) is 31.5 Å². The van der Waals surface area contributed by atoms with E-state index in [1.54, 1.807) is 24.9 Å². The summed E-state index contributed by atoms with van der Waals surface area (Å²) in [6, 6.07) is 2.94. The van der Waals surface area contributed by atoms with Crippen LogP contribution in [-0.2, 0) is 18.4 Å². The van der Waals surface area contributed by atoms with E-state index in [1.165, 1.54) is 29.3 Å². The van der Waals surface area contributed by atoms with Crippen molar-refractivity contribution in [3.05, 3.63) is 46.1 Å². The van der Waals surface area contributed by atoms with Gasteiger partial charge in [-0.25, -0.2) is 0 Å². The molecular formula is C19H25N5O3. The number of hydrogen-bond donors (Lipinski definition) is 2. The van der Waals surface area contributed by atoms with E-state index in [-0.39, 0.29) is 30.0 Å². The summed E-state index contributed by atoms with van der Waals surface area (Å²) in [5.74, 6) is -0.558. The van der Waals surface area contributed by atoms with Gasteiger partial charge in [-0.1, -0.05) is 19.3 Å². The molecule has 1 aliphatic rings. The van der Waals surface area contributed by atoms with Gasteiger partial charge in [0.1, 0.15) is 6.54 Å². The van der Waals surface area contributed by atoms with Crippen LogP contribution in [-0.4, -0.2) is 32.2 Å². The first-order valence-electron chi connectivity index (χ1n) is 9.24. The van der Waals surface area contributed by atoms with Crippen molar-refractivity contribution in [2.45, 2.75) is 51.6 Å². The number of pyridine rings is 1. The Hall–Kier alpha value is -2.90. The maximum atomic E-state index is 12.5. The lowest BCUT2D eigenvalue weighted by molar-refractivity contribution is -0.122. The number of hydrogen-bond acceptors (Lipinski definition) is 4. The molecule has 0 spiro atoms. The molecule has 0 radical (unpaired) electrons. The maximum absolute atomic E-state index is 12.5. The van der Waals surface area contributed by atoms with E-state index >= 15 is 0 Å². The fourth-order valence-corrected chi connectivity index (χ4v) is 3.38. The number of anilines is 1. The molecule has 1 saturated carbocycles. The maximum Gasteiger partial charge on any atom is 0.257 e. The number of rotatable bonds is 5. The third-order valence-electron chi connectivity index (χ3n) is 4.79. The molecule has 2 aromatic rings. The molecular weight excluding hydrogens is 346 g/mol. The summed E-state index contributed by atoms with van der Waals surface area (Å²) in [5.41, 5.74) is 1.30. The van der Waals surface area contributed by atoms with Crippen LogP contribution in [0.5, 0.6) is 0 Å². The SMILES string of the molecule is Cc1nn(C)cc1NC(=O)c1ccc(=O)n(CC(=O)NC2CCCCC2)c1. The van der Waals surface area contributed by atoms with E-state index in [2.05, 4.69) is 15.7 Å². The zero-order valence-electron chi connectivity index (χ0n) is 15.7. The third kappa shape index (κ3) is 4.84. The molecule has 1 fully saturated rings. The predicted octanol–water partition coefficient (Wildman–Crippen LogP) is 1.59. The summed E-state index contributed by atoms with van der Waals surface area (Å²) >= 11 is 0. The van der Waals surface area contributed by atoms with Crippen LogP contribution in [0.4, 0.5) is 5.69 Å². The number of nitrogens with one attached hydrogen (secondary N) is 2. The standard InChI is InChI=1S/C19H25N5O3/c1-13-16(11-23(2)22-13)21-19(27)14-8-9-18(26)24(10-14)12-17(25)20-15-6-4-3-5-7-15/h8-11,15H,3-7,12H2,1-2H3,(H,20,25)(H,21,27). The van der Waals surface area contributed by atoms with Crippen LogP contribution in [0.1, 0.15) is 48.2 Å². The molecule has 2 N–H and O–H groups in total. The van der Waals surface area contributed by atoms with E-state index in [4.69, 9.17) is 0 Å². The first-order chi connectivity index (χ1) is 12.9. The molecule has 3 rings (SSSR count). The highest BCUT2D eigenvalue weighted by Gasteiger charge is 2.17. The Morgan fingerprint density at radius 3 is 2.59 bits per heavy atom. The van der Waals surface area contributed by atoms with Gasteiger partial charge in [-0.2, -0.15) is 5.10 Å². The number of carbonyl (C=O) groups is 2. The first-order valence-corrected chi connectivity index (χ1v) is 9.24. The highest BCUT2D eigenvalue weighted by atomic mass is 16.2. The van der Waals surface area contributed by atoms with Crippen LogP contribution < -0.4 is 16.2 Å². The topological polar surface area (TPSA) is 98.0 Å². The molecule has 0 unspecified atom stereocenters. The quantitative estimate of drug-likeness (QED) is 0.834. The van der Waals surface area contributed by atoms with Crippen molar-refractivity contribution >= 4 is 17.5 Å². The monoisotopic (exact) mass is 371 g/mol. The Balaban J connectivity index is 1.68. The third-order valence-corrected chi connectivity index (χ3v) is 4.79. The van der Waals surface area contributed by atoms with Gasteiger partial charge in [-0.15, -0.1) is 0 Å². The Labute approximate surface area is 157 Å². The van der Waals surface area contributed by atoms with E-state index in [0.717, 1.165) is 25.7 Å². The molecule has 2 amide bonds. The lowest BCUT2D eigenvalue weighted by atomic mass is 9.95. The number of nitrogens with zero attached hydrogens (tertiary/aromatic N) is 3. The van der Waals surface area contributed by atoms with Gasteiger partial charge in [-0.05, 0) is 25.8 Å². The second kappa shape index (κ2) is 8.20. The smallest absolute Gasteiger partial charge is 0.257 e. The Kier molecular flexibility index (Phi) is 5.73. The molecule has 2 aromatic heterocycles. The molecule has 2 heterocycles. The van der Waals surface area contributed by atoms with Crippen molar-refractivity contribution in [3.63, 3.8) is 0 Å². The number of aryl methyl sites for hydroxylation is 2. The first kappa shape index (κ1) is 18.9. The molecule has 0 atom stereocenters. The number of aromatic nitrogens is 3. The van der Waals surface area contributed by atoms with Crippen LogP contribution in [0.15, 0.2) is 29.3 Å². The number of carbonyl (C=O) groups excluding carboxylic acids is 2. The highest BCUT2D eigenvalue weighted by molar-refractivity contribution is 6.04. The molecule has 0 saturated heterocycles. The largest absolute Gasteiger partial charge is 0.352 e. The average molecular weight is 371 g/mol. The summed E-state index contributed by atoms with van der Waals surface area (Å²) in [6.07, 6.45) is 8.54. The average Bonchev–Trinajstić information content (AvgIpc) is 2.94. The fourth-order valence-electron chi connectivity index (χ4n) is 3.38. The van der Waals surface area contributed by atoms with E-state index in [1.807, 2.05) is 0 Å². The second-order valence-electron chi connectivity index (χ2n) is 7.04. The Morgan fingerprint density at radius 1 is 1.19 bits per heavy atom. The van der Waals surface area contributed by atoms with Gasteiger partial charge >= 0.3 is 0 Å². The van der Waals surface area contributed by atoms with Crippen molar-refractivity contribution in [3.8, 4) is 0 Å². The number of amides is 2. The minimum absolute atomic E-state index is 0.0949. The fraction of sp³-hybridized carbons (Fsp3) is 0.474. The Bertz CT molecular complexity index is 893. The zero-order chi connectivity index (χ0) is 19.4. The molecule has 8 heteroatoms. The van der Waals surface area contributed by atoms with Crippen molar-refractivity contribution in [2.75, 3.05) is 5.32 Å². The molecule has 0 bridgehead atoms. The van der Waals surface area contributed by atoms with Crippen molar-refractivity contribution < 1.29 is 9.59 Å². The van der Waals surface area contributed by atoms with Gasteiger partial charge in [0.05, 0.1) is 16.9 Å².